The number of nitrogens with two attached hydrogens (primary N) is 3. The summed E-state index contributed by atoms with van der Waals surface area (Å²) < 4.78 is 0. The van der Waals surface area contributed by atoms with Crippen molar-refractivity contribution in [3.05, 3.63) is 82.3 Å². The molecular weight excluding hydrogens is 580 g/mol. The number of fused-ring (bicyclic) bond motifs is 2. The van der Waals surface area contributed by atoms with Gasteiger partial charge in [-0.1, -0.05) is 67.8 Å². The number of aldehydes is 2. The SMILES string of the molecule is CC(C=O)CCC(N)CCCC1c2cc3cc(CC=O)ccc3cc2CCC1CC([N-]c1ccc[nH]1)C(=CC(=O)O)CN=C(N)N. The molecule has 0 bridgehead atoms. The van der Waals surface area contributed by atoms with Crippen molar-refractivity contribution < 1.29 is 19.5 Å². The quantitative estimate of drug-likeness (QED) is 0.0538. The summed E-state index contributed by atoms with van der Waals surface area (Å²) in [4.78, 5) is 41.5. The van der Waals surface area contributed by atoms with Gasteiger partial charge < -0.3 is 42.2 Å². The van der Waals surface area contributed by atoms with Crippen molar-refractivity contribution in [2.75, 3.05) is 6.54 Å². The van der Waals surface area contributed by atoms with Crippen LogP contribution in [0.15, 0.2) is 65.3 Å². The van der Waals surface area contributed by atoms with Gasteiger partial charge in [0.25, 0.3) is 0 Å². The molecule has 0 radical (unpaired) electrons. The summed E-state index contributed by atoms with van der Waals surface area (Å²) in [6.07, 6.45) is 12.0. The highest BCUT2D eigenvalue weighted by molar-refractivity contribution is 5.86. The molecule has 8 N–H and O–H groups in total. The number of carboxylic acid groups (broad SMARTS) is 1. The zero-order valence-electron chi connectivity index (χ0n) is 26.6. The summed E-state index contributed by atoms with van der Waals surface area (Å²) >= 11 is 0. The van der Waals surface area contributed by atoms with Crippen molar-refractivity contribution in [3.63, 3.8) is 0 Å². The molecule has 46 heavy (non-hydrogen) atoms. The lowest BCUT2D eigenvalue weighted by molar-refractivity contribution is -0.131. The monoisotopic (exact) mass is 627 g/mol. The number of H-pyrrole nitrogens is 1. The normalized spacial score (nSPS) is 18.3. The lowest BCUT2D eigenvalue weighted by atomic mass is 9.69. The van der Waals surface area contributed by atoms with Crippen LogP contribution in [0.4, 0.5) is 5.82 Å². The van der Waals surface area contributed by atoms with Gasteiger partial charge in [0.05, 0.1) is 6.54 Å². The first kappa shape index (κ1) is 34.4. The Morgan fingerprint density at radius 1 is 1.13 bits per heavy atom. The van der Waals surface area contributed by atoms with E-state index in [1.54, 1.807) is 6.20 Å². The summed E-state index contributed by atoms with van der Waals surface area (Å²) in [5.74, 6) is -0.130. The molecule has 1 aromatic heterocycles. The fourth-order valence-electron chi connectivity index (χ4n) is 6.69. The zero-order chi connectivity index (χ0) is 33.1. The van der Waals surface area contributed by atoms with Crippen molar-refractivity contribution in [2.45, 2.75) is 82.7 Å². The van der Waals surface area contributed by atoms with E-state index in [2.05, 4.69) is 34.2 Å². The van der Waals surface area contributed by atoms with Crippen LogP contribution < -0.4 is 17.2 Å². The maximum absolute atomic E-state index is 11.9. The Morgan fingerprint density at radius 3 is 2.65 bits per heavy atom. The Labute approximate surface area is 270 Å². The van der Waals surface area contributed by atoms with Crippen molar-refractivity contribution >= 4 is 41.1 Å². The third kappa shape index (κ3) is 9.78. The van der Waals surface area contributed by atoms with Crippen LogP contribution in [-0.2, 0) is 27.2 Å². The molecule has 0 saturated carbocycles. The topological polar surface area (TPSA) is 192 Å². The lowest BCUT2D eigenvalue weighted by Crippen LogP contribution is -2.28. The third-order valence-electron chi connectivity index (χ3n) is 9.13. The number of guanidine groups is 1. The first-order chi connectivity index (χ1) is 22.2. The summed E-state index contributed by atoms with van der Waals surface area (Å²) in [5.41, 5.74) is 21.9. The zero-order valence-corrected chi connectivity index (χ0v) is 26.6. The Bertz CT molecular complexity index is 1530. The minimum atomic E-state index is -1.08. The molecule has 1 aliphatic rings. The number of nitrogens with zero attached hydrogens (tertiary/aromatic N) is 2. The molecule has 10 heteroatoms. The summed E-state index contributed by atoms with van der Waals surface area (Å²) in [6.45, 7) is 1.96. The van der Waals surface area contributed by atoms with E-state index in [0.29, 0.717) is 24.2 Å². The number of carbonyl (C=O) groups is 3. The van der Waals surface area contributed by atoms with Gasteiger partial charge in [-0.3, -0.25) is 0 Å². The van der Waals surface area contributed by atoms with Crippen molar-refractivity contribution in [3.8, 4) is 0 Å². The minimum Gasteiger partial charge on any atom is -0.478 e. The fourth-order valence-corrected chi connectivity index (χ4v) is 6.69. The highest BCUT2D eigenvalue weighted by atomic mass is 16.4. The molecule has 5 atom stereocenters. The molecule has 0 spiro atoms. The second-order valence-electron chi connectivity index (χ2n) is 12.6. The summed E-state index contributed by atoms with van der Waals surface area (Å²) in [6, 6.07) is 14.0. The van der Waals surface area contributed by atoms with Gasteiger partial charge in [0.15, 0.2) is 5.96 Å². The second kappa shape index (κ2) is 16.7. The van der Waals surface area contributed by atoms with Gasteiger partial charge in [0.2, 0.25) is 0 Å². The molecule has 1 heterocycles. The molecule has 10 nitrogen and oxygen atoms in total. The van der Waals surface area contributed by atoms with Crippen LogP contribution in [0.25, 0.3) is 16.1 Å². The van der Waals surface area contributed by atoms with Crippen LogP contribution in [0, 0.1) is 11.8 Å². The van der Waals surface area contributed by atoms with E-state index < -0.39 is 12.0 Å². The minimum absolute atomic E-state index is 0.00500. The number of carbonyl (C=O) groups excluding carboxylic acids is 2. The number of aromatic nitrogens is 1. The molecule has 0 aliphatic heterocycles. The van der Waals surface area contributed by atoms with E-state index in [1.807, 2.05) is 25.1 Å². The van der Waals surface area contributed by atoms with Crippen molar-refractivity contribution in [2.24, 2.45) is 34.0 Å². The highest BCUT2D eigenvalue weighted by Gasteiger charge is 2.32. The molecule has 0 saturated heterocycles. The van der Waals surface area contributed by atoms with Crippen LogP contribution in [0.3, 0.4) is 0 Å². The largest absolute Gasteiger partial charge is 0.478 e. The molecule has 3 aromatic rings. The van der Waals surface area contributed by atoms with E-state index in [-0.39, 0.29) is 36.3 Å². The average molecular weight is 628 g/mol. The lowest BCUT2D eigenvalue weighted by Gasteiger charge is -2.39. The Morgan fingerprint density at radius 2 is 1.96 bits per heavy atom. The van der Waals surface area contributed by atoms with Crippen LogP contribution in [-0.4, -0.2) is 53.2 Å². The van der Waals surface area contributed by atoms with Crippen LogP contribution >= 0.6 is 0 Å². The van der Waals surface area contributed by atoms with Gasteiger partial charge in [-0.2, -0.15) is 0 Å². The predicted octanol–water partition coefficient (Wildman–Crippen LogP) is 5.42. The molecular formula is C36H47N6O4-. The van der Waals surface area contributed by atoms with Crippen LogP contribution in [0.5, 0.6) is 0 Å². The smallest absolute Gasteiger partial charge is 0.328 e. The first-order valence-corrected chi connectivity index (χ1v) is 16.2. The fraction of sp³-hybridized carbons (Fsp3) is 0.444. The highest BCUT2D eigenvalue weighted by Crippen LogP contribution is 2.45. The molecule has 0 fully saturated rings. The summed E-state index contributed by atoms with van der Waals surface area (Å²) in [7, 11) is 0. The number of hydrogen-bond acceptors (Lipinski definition) is 5. The van der Waals surface area contributed by atoms with E-state index in [0.717, 1.165) is 73.9 Å². The van der Waals surface area contributed by atoms with Gasteiger partial charge in [0.1, 0.15) is 12.6 Å². The van der Waals surface area contributed by atoms with E-state index >= 15 is 0 Å². The second-order valence-corrected chi connectivity index (χ2v) is 12.6. The maximum Gasteiger partial charge on any atom is 0.328 e. The number of aliphatic carboxylic acids is 1. The Kier molecular flexibility index (Phi) is 12.5. The average Bonchev–Trinajstić information content (AvgIpc) is 3.54. The number of aryl methyl sites for hydroxylation is 1. The number of hydrogen-bond donors (Lipinski definition) is 5. The maximum atomic E-state index is 11.9. The van der Waals surface area contributed by atoms with Gasteiger partial charge in [0, 0.05) is 24.5 Å². The van der Waals surface area contributed by atoms with Crippen molar-refractivity contribution in [1.82, 2.24) is 4.98 Å². The number of carboxylic acids is 1. The van der Waals surface area contributed by atoms with E-state index in [1.165, 1.54) is 17.2 Å². The molecule has 2 aromatic carbocycles. The van der Waals surface area contributed by atoms with Crippen LogP contribution in [0.2, 0.25) is 0 Å². The van der Waals surface area contributed by atoms with Gasteiger partial charge in [-0.25, -0.2) is 9.79 Å². The number of aromatic amines is 1. The van der Waals surface area contributed by atoms with Crippen molar-refractivity contribution in [1.29, 1.82) is 0 Å². The molecule has 1 aliphatic carbocycles. The standard InChI is InChI=1S/C36H47N6O4/c1-23(22-44)7-12-30(37)4-2-5-31-27(11-10-26-17-25-9-8-24(13-15-43)16-28(25)18-32(26)31)19-33(42-34-6-3-14-40-34)29(20-35(45)46)21-41-36(38)39/h3,6,8-9,14-18,20,22-23,27,30-31,33,40H,2,4-5,7,10-13,19,21,37H2,1H3,(H,45,46)(H4,38,39,41)/q-1. The number of nitrogens with one attached hydrogen (secondary N) is 1. The summed E-state index contributed by atoms with van der Waals surface area (Å²) in [5, 5.41) is 17.0. The number of benzene rings is 2. The molecule has 4 rings (SSSR count). The van der Waals surface area contributed by atoms with Crippen LogP contribution in [0.1, 0.15) is 74.5 Å². The number of rotatable bonds is 18. The molecule has 5 unspecified atom stereocenters. The molecule has 0 amide bonds. The van der Waals surface area contributed by atoms with Gasteiger partial charge in [-0.15, -0.1) is 0 Å². The first-order valence-electron chi connectivity index (χ1n) is 16.2. The van der Waals surface area contributed by atoms with Gasteiger partial charge in [-0.05, 0) is 95.9 Å². The third-order valence-corrected chi connectivity index (χ3v) is 9.13. The Balaban J connectivity index is 1.67. The van der Waals surface area contributed by atoms with E-state index in [4.69, 9.17) is 22.5 Å². The predicted molar refractivity (Wildman–Crippen MR) is 183 cm³/mol. The molecule has 246 valence electrons. The van der Waals surface area contributed by atoms with E-state index in [9.17, 15) is 19.5 Å². The Hall–Kier alpha value is -4.44. The number of aliphatic imine (C=N–C) groups is 1. The van der Waals surface area contributed by atoms with Gasteiger partial charge >= 0.3 is 5.97 Å².